The Kier molecular flexibility index (Phi) is 4.61. The molecule has 1 fully saturated rings. The molecule has 0 atom stereocenters. The summed E-state index contributed by atoms with van der Waals surface area (Å²) in [4.78, 5) is 28.2. The van der Waals surface area contributed by atoms with Gasteiger partial charge >= 0.3 is 0 Å². The summed E-state index contributed by atoms with van der Waals surface area (Å²) in [5.41, 5.74) is -0.306. The minimum atomic E-state index is -0.701. The highest BCUT2D eigenvalue weighted by Gasteiger charge is 2.41. The SMILES string of the molecule is CN1CCN(CC(=O)c2cc(Cl)ccc2Cl)C(C)(C)C1=O. The molecular weight excluding hydrogens is 311 g/mol. The van der Waals surface area contributed by atoms with Gasteiger partial charge in [0.25, 0.3) is 0 Å². The molecule has 0 saturated carbocycles. The number of hydrogen-bond acceptors (Lipinski definition) is 3. The highest BCUT2D eigenvalue weighted by atomic mass is 35.5. The first-order valence-electron chi connectivity index (χ1n) is 6.72. The lowest BCUT2D eigenvalue weighted by Crippen LogP contribution is -2.62. The van der Waals surface area contributed by atoms with E-state index in [1.807, 2.05) is 18.7 Å². The Bertz CT molecular complexity index is 587. The molecule has 0 aliphatic carbocycles. The van der Waals surface area contributed by atoms with E-state index in [-0.39, 0.29) is 18.2 Å². The van der Waals surface area contributed by atoms with Crippen LogP contribution in [0, 0.1) is 0 Å². The molecule has 0 bridgehead atoms. The second-order valence-corrected chi connectivity index (χ2v) is 6.60. The van der Waals surface area contributed by atoms with Crippen molar-refractivity contribution in [3.05, 3.63) is 33.8 Å². The van der Waals surface area contributed by atoms with Gasteiger partial charge in [-0.05, 0) is 32.0 Å². The zero-order valence-electron chi connectivity index (χ0n) is 12.3. The molecule has 1 saturated heterocycles. The number of carbonyl (C=O) groups is 2. The van der Waals surface area contributed by atoms with Gasteiger partial charge in [0.2, 0.25) is 5.91 Å². The van der Waals surface area contributed by atoms with E-state index >= 15 is 0 Å². The first-order valence-corrected chi connectivity index (χ1v) is 7.48. The molecule has 0 spiro atoms. The van der Waals surface area contributed by atoms with Crippen LogP contribution < -0.4 is 0 Å². The number of carbonyl (C=O) groups excluding carboxylic acids is 2. The van der Waals surface area contributed by atoms with Gasteiger partial charge in [0.1, 0.15) is 0 Å². The van der Waals surface area contributed by atoms with Crippen LogP contribution in [0.2, 0.25) is 10.0 Å². The van der Waals surface area contributed by atoms with Gasteiger partial charge < -0.3 is 4.90 Å². The zero-order chi connectivity index (χ0) is 15.8. The standard InChI is InChI=1S/C15H18Cl2N2O2/c1-15(2)14(21)18(3)6-7-19(15)9-13(20)11-8-10(16)4-5-12(11)17/h4-5,8H,6-7,9H2,1-3H3. The summed E-state index contributed by atoms with van der Waals surface area (Å²) in [7, 11) is 1.77. The van der Waals surface area contributed by atoms with Gasteiger partial charge in [0.15, 0.2) is 5.78 Å². The molecule has 4 nitrogen and oxygen atoms in total. The number of likely N-dealkylation sites (N-methyl/N-ethyl adjacent to an activating group) is 1. The van der Waals surface area contributed by atoms with Crippen molar-refractivity contribution in [1.29, 1.82) is 0 Å². The van der Waals surface area contributed by atoms with Crippen molar-refractivity contribution in [2.75, 3.05) is 26.7 Å². The van der Waals surface area contributed by atoms with Crippen molar-refractivity contribution in [3.63, 3.8) is 0 Å². The zero-order valence-corrected chi connectivity index (χ0v) is 13.8. The average Bonchev–Trinajstić information content (AvgIpc) is 2.42. The van der Waals surface area contributed by atoms with E-state index in [4.69, 9.17) is 23.2 Å². The number of amides is 1. The Balaban J connectivity index is 2.19. The largest absolute Gasteiger partial charge is 0.343 e. The molecule has 1 aliphatic rings. The van der Waals surface area contributed by atoms with Gasteiger partial charge in [-0.3, -0.25) is 14.5 Å². The van der Waals surface area contributed by atoms with Gasteiger partial charge in [0.05, 0.1) is 17.1 Å². The van der Waals surface area contributed by atoms with E-state index < -0.39 is 5.54 Å². The molecule has 6 heteroatoms. The van der Waals surface area contributed by atoms with Crippen LogP contribution in [0.1, 0.15) is 24.2 Å². The lowest BCUT2D eigenvalue weighted by atomic mass is 9.96. The summed E-state index contributed by atoms with van der Waals surface area (Å²) in [6, 6.07) is 4.82. The van der Waals surface area contributed by atoms with Crippen LogP contribution in [0.4, 0.5) is 0 Å². The molecule has 1 aromatic rings. The normalized spacial score (nSPS) is 18.9. The first-order chi connectivity index (χ1) is 9.73. The van der Waals surface area contributed by atoms with Crippen molar-refractivity contribution >= 4 is 34.9 Å². The Morgan fingerprint density at radius 1 is 1.29 bits per heavy atom. The molecule has 1 heterocycles. The topological polar surface area (TPSA) is 40.6 Å². The van der Waals surface area contributed by atoms with Crippen LogP contribution in [0.5, 0.6) is 0 Å². The van der Waals surface area contributed by atoms with Gasteiger partial charge in [0, 0.05) is 30.7 Å². The van der Waals surface area contributed by atoms with Crippen LogP contribution in [0.3, 0.4) is 0 Å². The number of piperazine rings is 1. The number of halogens is 2. The minimum absolute atomic E-state index is 0.0127. The molecule has 114 valence electrons. The van der Waals surface area contributed by atoms with Crippen LogP contribution in [-0.2, 0) is 4.79 Å². The van der Waals surface area contributed by atoms with Gasteiger partial charge in [-0.1, -0.05) is 23.2 Å². The van der Waals surface area contributed by atoms with Gasteiger partial charge in [-0.2, -0.15) is 0 Å². The predicted molar refractivity (Wildman–Crippen MR) is 84.1 cm³/mol. The Morgan fingerprint density at radius 3 is 2.62 bits per heavy atom. The molecule has 0 N–H and O–H groups in total. The predicted octanol–water partition coefficient (Wildman–Crippen LogP) is 2.73. The fraction of sp³-hybridized carbons (Fsp3) is 0.467. The van der Waals surface area contributed by atoms with E-state index in [2.05, 4.69) is 0 Å². The number of Topliss-reactive ketones (excluding diaryl/α,β-unsaturated/α-hetero) is 1. The van der Waals surface area contributed by atoms with E-state index in [0.717, 1.165) is 0 Å². The highest BCUT2D eigenvalue weighted by molar-refractivity contribution is 6.36. The van der Waals surface area contributed by atoms with E-state index in [0.29, 0.717) is 28.7 Å². The fourth-order valence-corrected chi connectivity index (χ4v) is 2.90. The van der Waals surface area contributed by atoms with Crippen molar-refractivity contribution in [3.8, 4) is 0 Å². The molecule has 0 unspecified atom stereocenters. The lowest BCUT2D eigenvalue weighted by molar-refractivity contribution is -0.146. The number of ketones is 1. The van der Waals surface area contributed by atoms with Gasteiger partial charge in [-0.25, -0.2) is 0 Å². The van der Waals surface area contributed by atoms with Crippen molar-refractivity contribution in [2.45, 2.75) is 19.4 Å². The summed E-state index contributed by atoms with van der Waals surface area (Å²) >= 11 is 12.0. The molecule has 1 amide bonds. The first kappa shape index (κ1) is 16.3. The second-order valence-electron chi connectivity index (χ2n) is 5.75. The average molecular weight is 329 g/mol. The Labute approximate surface area is 134 Å². The summed E-state index contributed by atoms with van der Waals surface area (Å²) < 4.78 is 0. The van der Waals surface area contributed by atoms with Crippen LogP contribution in [0.25, 0.3) is 0 Å². The Hall–Kier alpha value is -1.10. The highest BCUT2D eigenvalue weighted by Crippen LogP contribution is 2.25. The number of rotatable bonds is 3. The quantitative estimate of drug-likeness (QED) is 0.801. The van der Waals surface area contributed by atoms with Crippen LogP contribution in [-0.4, -0.2) is 53.7 Å². The molecule has 0 aromatic heterocycles. The van der Waals surface area contributed by atoms with Crippen molar-refractivity contribution in [2.24, 2.45) is 0 Å². The fourth-order valence-electron chi connectivity index (χ4n) is 2.50. The van der Waals surface area contributed by atoms with Crippen molar-refractivity contribution < 1.29 is 9.59 Å². The maximum atomic E-state index is 12.5. The summed E-state index contributed by atoms with van der Waals surface area (Å²) in [6.07, 6.45) is 0. The second kappa shape index (κ2) is 5.95. The summed E-state index contributed by atoms with van der Waals surface area (Å²) in [5.74, 6) is -0.119. The maximum Gasteiger partial charge on any atom is 0.242 e. The summed E-state index contributed by atoms with van der Waals surface area (Å²) in [5, 5.41) is 0.846. The van der Waals surface area contributed by atoms with Crippen LogP contribution >= 0.6 is 23.2 Å². The maximum absolute atomic E-state index is 12.5. The van der Waals surface area contributed by atoms with Crippen LogP contribution in [0.15, 0.2) is 18.2 Å². The van der Waals surface area contributed by atoms with E-state index in [9.17, 15) is 9.59 Å². The minimum Gasteiger partial charge on any atom is -0.343 e. The van der Waals surface area contributed by atoms with E-state index in [1.165, 1.54) is 0 Å². The molecular formula is C15H18Cl2N2O2. The molecule has 2 rings (SSSR count). The Morgan fingerprint density at radius 2 is 1.95 bits per heavy atom. The molecule has 21 heavy (non-hydrogen) atoms. The third kappa shape index (κ3) is 3.23. The van der Waals surface area contributed by atoms with Gasteiger partial charge in [-0.15, -0.1) is 0 Å². The molecule has 0 radical (unpaired) electrons. The van der Waals surface area contributed by atoms with Crippen molar-refractivity contribution in [1.82, 2.24) is 9.80 Å². The number of benzene rings is 1. The molecule has 1 aromatic carbocycles. The summed E-state index contributed by atoms with van der Waals surface area (Å²) in [6.45, 7) is 5.07. The third-order valence-electron chi connectivity index (χ3n) is 3.93. The monoisotopic (exact) mass is 328 g/mol. The third-order valence-corrected chi connectivity index (χ3v) is 4.49. The number of hydrogen-bond donors (Lipinski definition) is 0. The lowest BCUT2D eigenvalue weighted by Gasteiger charge is -2.44. The number of nitrogens with zero attached hydrogens (tertiary/aromatic N) is 2. The molecule has 1 aliphatic heterocycles. The smallest absolute Gasteiger partial charge is 0.242 e. The van der Waals surface area contributed by atoms with E-state index in [1.54, 1.807) is 30.1 Å².